The van der Waals surface area contributed by atoms with Crippen molar-refractivity contribution in [3.8, 4) is 23.3 Å². The minimum atomic E-state index is -1.43. The Balaban J connectivity index is 0.741. The topological polar surface area (TPSA) is 358 Å². The Labute approximate surface area is 676 Å². The number of likely N-dealkylation sites (N-methyl/N-ethyl adjacent to an activating group) is 2. The fraction of sp³-hybridized carbons (Fsp3) is 0.348. The van der Waals surface area contributed by atoms with Crippen LogP contribution in [0.5, 0.6) is 17.2 Å². The van der Waals surface area contributed by atoms with Gasteiger partial charge in [-0.3, -0.25) is 38.5 Å². The van der Waals surface area contributed by atoms with Gasteiger partial charge in [0, 0.05) is 49.6 Å². The van der Waals surface area contributed by atoms with Crippen LogP contribution in [-0.2, 0) is 51.3 Å². The number of benzene rings is 8. The highest BCUT2D eigenvalue weighted by Crippen LogP contribution is 2.41. The van der Waals surface area contributed by atoms with E-state index in [-0.39, 0.29) is 112 Å². The molecule has 8 aromatic carbocycles. The van der Waals surface area contributed by atoms with Crippen LogP contribution in [0.4, 0.5) is 26.7 Å². The molecule has 116 heavy (non-hydrogen) atoms. The van der Waals surface area contributed by atoms with Crippen molar-refractivity contribution in [3.05, 3.63) is 226 Å². The van der Waals surface area contributed by atoms with Gasteiger partial charge in [-0.1, -0.05) is 118 Å². The van der Waals surface area contributed by atoms with Gasteiger partial charge >= 0.3 is 12.1 Å². The molecule has 10 amide bonds. The molecule has 27 nitrogen and oxygen atoms in total. The Hall–Kier alpha value is -12.6. The number of amides is 10. The molecule has 8 aromatic rings. The zero-order valence-corrected chi connectivity index (χ0v) is 67.5. The maximum Gasteiger partial charge on any atom is 0.410 e. The maximum atomic E-state index is 15.4. The fourth-order valence-electron chi connectivity index (χ4n) is 13.0. The predicted octanol–water partition coefficient (Wildman–Crippen LogP) is 11.1. The number of ether oxygens (including phenoxy) is 6. The van der Waals surface area contributed by atoms with Crippen LogP contribution in [0.25, 0.3) is 21.9 Å². The van der Waals surface area contributed by atoms with Crippen molar-refractivity contribution in [3.63, 3.8) is 0 Å². The lowest BCUT2D eigenvalue weighted by atomic mass is 9.88. The van der Waals surface area contributed by atoms with Gasteiger partial charge in [0.15, 0.2) is 0 Å². The summed E-state index contributed by atoms with van der Waals surface area (Å²) in [6, 6.07) is 51.1. The molecule has 9 rings (SSSR count). The van der Waals surface area contributed by atoms with Crippen LogP contribution < -0.4 is 62.1 Å². The predicted molar refractivity (Wildman–Crippen MR) is 445 cm³/mol. The summed E-state index contributed by atoms with van der Waals surface area (Å²) in [6.07, 6.45) is 0.609. The highest BCUT2D eigenvalue weighted by molar-refractivity contribution is 6.14. The van der Waals surface area contributed by atoms with Gasteiger partial charge in [0.05, 0.1) is 75.1 Å². The van der Waals surface area contributed by atoms with Crippen molar-refractivity contribution < 1.29 is 71.6 Å². The van der Waals surface area contributed by atoms with Crippen LogP contribution in [0.1, 0.15) is 129 Å². The summed E-state index contributed by atoms with van der Waals surface area (Å²) >= 11 is 0. The van der Waals surface area contributed by atoms with Crippen molar-refractivity contribution in [1.82, 2.24) is 31.1 Å². The van der Waals surface area contributed by atoms with E-state index in [2.05, 4.69) is 51.7 Å². The summed E-state index contributed by atoms with van der Waals surface area (Å²) in [7, 11) is 4.60. The zero-order chi connectivity index (χ0) is 83.8. The van der Waals surface area contributed by atoms with Crippen molar-refractivity contribution in [2.24, 2.45) is 17.4 Å². The molecule has 9 N–H and O–H groups in total. The first-order chi connectivity index (χ1) is 55.6. The molecule has 27 heteroatoms. The highest BCUT2D eigenvalue weighted by Gasteiger charge is 2.44. The monoisotopic (exact) mass is 1580 g/mol. The first kappa shape index (κ1) is 87.3. The van der Waals surface area contributed by atoms with Gasteiger partial charge in [0.25, 0.3) is 17.7 Å². The molecular weight excluding hydrogens is 1480 g/mol. The van der Waals surface area contributed by atoms with E-state index in [9.17, 15) is 38.8 Å². The van der Waals surface area contributed by atoms with Gasteiger partial charge < -0.3 is 81.2 Å². The van der Waals surface area contributed by atoms with E-state index < -0.39 is 83.4 Å². The quantitative estimate of drug-likeness (QED) is 0.0142. The molecule has 0 bridgehead atoms. The number of carbonyl (C=O) groups is 9. The second kappa shape index (κ2) is 41.4. The second-order valence-corrected chi connectivity index (χ2v) is 29.4. The molecule has 1 heterocycles. The van der Waals surface area contributed by atoms with Crippen LogP contribution in [0.3, 0.4) is 0 Å². The molecule has 0 radical (unpaired) electrons. The summed E-state index contributed by atoms with van der Waals surface area (Å²) in [5.41, 5.74) is 18.6. The van der Waals surface area contributed by atoms with Crippen molar-refractivity contribution in [2.75, 3.05) is 89.0 Å². The maximum absolute atomic E-state index is 15.4. The van der Waals surface area contributed by atoms with Crippen LogP contribution >= 0.6 is 0 Å². The van der Waals surface area contributed by atoms with Crippen LogP contribution in [0.2, 0.25) is 0 Å². The van der Waals surface area contributed by atoms with E-state index in [4.69, 9.17) is 39.9 Å². The summed E-state index contributed by atoms with van der Waals surface area (Å²) in [4.78, 5) is 128. The molecule has 0 aromatic heterocycles. The second-order valence-electron chi connectivity index (χ2n) is 29.4. The number of methoxy groups -OCH3 is 1. The first-order valence-electron chi connectivity index (χ1n) is 38.6. The number of nitrogens with two attached hydrogens (primary N) is 2. The summed E-state index contributed by atoms with van der Waals surface area (Å²) in [5.74, 6) is -1.88. The Kier molecular flexibility index (Phi) is 31.2. The van der Waals surface area contributed by atoms with Crippen molar-refractivity contribution in [2.45, 2.75) is 124 Å². The van der Waals surface area contributed by atoms with Gasteiger partial charge in [-0.25, -0.2) is 9.59 Å². The Morgan fingerprint density at radius 1 is 0.672 bits per heavy atom. The molecular formula is C89H104N12O15. The number of rotatable bonds is 36. The normalized spacial score (nSPS) is 14.3. The van der Waals surface area contributed by atoms with E-state index in [0.29, 0.717) is 34.9 Å². The summed E-state index contributed by atoms with van der Waals surface area (Å²) in [6.45, 7) is 15.2. The number of anilines is 3. The minimum absolute atomic E-state index is 0.0858. The number of allylic oxidation sites excluding steroid dienone is 1. The molecule has 1 aliphatic heterocycles. The number of primary amides is 1. The lowest BCUT2D eigenvalue weighted by molar-refractivity contribution is -0.135. The average molecular weight is 1580 g/mol. The number of carbonyl (C=O) groups excluding carboxylic acids is 9. The third-order valence-electron chi connectivity index (χ3n) is 19.7. The lowest BCUT2D eigenvalue weighted by Crippen LogP contribution is -2.60. The summed E-state index contributed by atoms with van der Waals surface area (Å²) < 4.78 is 35.1. The molecule has 5 atom stereocenters. The van der Waals surface area contributed by atoms with E-state index in [1.54, 1.807) is 65.1 Å². The minimum Gasteiger partial charge on any atom is -0.496 e. The van der Waals surface area contributed by atoms with Gasteiger partial charge in [0.1, 0.15) is 60.8 Å². The average Bonchev–Trinajstić information content (AvgIpc) is 1.58. The first-order valence-corrected chi connectivity index (χ1v) is 38.6. The van der Waals surface area contributed by atoms with E-state index in [1.165, 1.54) is 66.1 Å². The Morgan fingerprint density at radius 3 is 1.95 bits per heavy atom. The van der Waals surface area contributed by atoms with E-state index >= 15 is 9.59 Å². The van der Waals surface area contributed by atoms with Gasteiger partial charge in [-0.15, -0.1) is 0 Å². The fourth-order valence-corrected chi connectivity index (χ4v) is 13.0. The molecule has 0 fully saturated rings. The number of hydrogen-bond donors (Lipinski definition) is 7. The smallest absolute Gasteiger partial charge is 0.410 e. The van der Waals surface area contributed by atoms with Gasteiger partial charge in [0.2, 0.25) is 23.6 Å². The number of nitriles is 1. The van der Waals surface area contributed by atoms with Gasteiger partial charge in [-0.2, -0.15) is 5.26 Å². The number of nitrogens with zero attached hydrogens (tertiary/aromatic N) is 5. The van der Waals surface area contributed by atoms with Crippen molar-refractivity contribution in [1.29, 1.82) is 5.26 Å². The Morgan fingerprint density at radius 2 is 1.31 bits per heavy atom. The number of nitrogens with one attached hydrogen (secondary N) is 5. The van der Waals surface area contributed by atoms with Crippen LogP contribution in [0, 0.1) is 17.2 Å². The third-order valence-corrected chi connectivity index (χ3v) is 19.7. The largest absolute Gasteiger partial charge is 0.496 e. The van der Waals surface area contributed by atoms with Crippen molar-refractivity contribution >= 4 is 92.5 Å². The lowest BCUT2D eigenvalue weighted by Gasteiger charge is -2.34. The molecule has 0 saturated heterocycles. The Bertz CT molecular complexity index is 4840. The third kappa shape index (κ3) is 23.5. The van der Waals surface area contributed by atoms with E-state index in [1.807, 2.05) is 123 Å². The molecule has 5 unspecified atom stereocenters. The molecule has 0 aliphatic carbocycles. The van der Waals surface area contributed by atoms with E-state index in [0.717, 1.165) is 55.5 Å². The van der Waals surface area contributed by atoms with Gasteiger partial charge in [-0.05, 0) is 189 Å². The number of fused-ring (bicyclic) bond motifs is 2. The van der Waals surface area contributed by atoms with Crippen LogP contribution in [0.15, 0.2) is 182 Å². The molecule has 0 saturated carbocycles. The molecule has 610 valence electrons. The highest BCUT2D eigenvalue weighted by atomic mass is 16.6. The SMILES string of the molecule is CCC(=C(c1ccc(OCCN(C)C(=O)COCCOCCNC(=O)c2ccc(C(=O)N3c4cc(C#N)ccc4N(Cc4c(OC)ccc5ccccc45)C(=O)C(NC(=O)C(C)N(C)C(=O)OC(C)(C)C)C3C)cc2)cc1)c1ccc(OCc2ccc(NC(=O)C(CCCNC(N)=O)NC(=O)C(N)C(C)C)cc2)cc1)c1ccccc1. The summed E-state index contributed by atoms with van der Waals surface area (Å²) in [5, 5.41) is 25.7. The number of urea groups is 1. The zero-order valence-electron chi connectivity index (χ0n) is 67.5. The molecule has 0 spiro atoms. The van der Waals surface area contributed by atoms with Crippen LogP contribution in [-0.4, -0.2) is 173 Å². The number of hydrogen-bond acceptors (Lipinski definition) is 17. The standard InChI is InChI=1S/C89H104N12O15/c1-12-70(61-19-14-13-15-20-61)78(64-33-40-69(41-34-64)115-54-59-24-36-67(37-25-59)95-83(105)73(23-18-44-94-87(92)109)96-84(106)79(91)56(2)3)63-31-38-68(39-32-63)114-48-46-98(9)77(102)55-113-50-49-112-47-45-93-82(104)65-27-29-66(30-28-65)85(107)101-57(4)80(97-81(103)58(5)99(10)88(110)116-89(6,7)8)86(108)100(74-42-26-60(52-90)51-75(74)101)53-72-71-22-17-16-21-62(71)35-43-76(72)111-11/h13-17,19-22,24-43,51,56-58,73,79-80H,12,18,23,44-50,53-55,91H2,1-11H3,(H,93,104)(H,95,105)(H,96,106)(H,97,103)(H3,92,94,109). The molecule has 1 aliphatic rings.